The number of ether oxygens (including phenoxy) is 1. The van der Waals surface area contributed by atoms with Crippen molar-refractivity contribution in [3.05, 3.63) is 35.7 Å². The van der Waals surface area contributed by atoms with Crippen LogP contribution in [0.3, 0.4) is 0 Å². The van der Waals surface area contributed by atoms with Crippen LogP contribution < -0.4 is 4.74 Å². The van der Waals surface area contributed by atoms with E-state index < -0.39 is 5.41 Å². The van der Waals surface area contributed by atoms with E-state index in [1.165, 1.54) is 25.3 Å². The molecule has 0 aliphatic heterocycles. The quantitative estimate of drug-likeness (QED) is 0.573. The molecule has 1 saturated carbocycles. The number of nitrogens with zero attached hydrogens (tertiary/aromatic N) is 1. The lowest BCUT2D eigenvalue weighted by Gasteiger charge is -2.33. The smallest absolute Gasteiger partial charge is 0.316 e. The van der Waals surface area contributed by atoms with Crippen LogP contribution in [-0.2, 0) is 4.79 Å². The van der Waals surface area contributed by atoms with Gasteiger partial charge in [-0.05, 0) is 95.7 Å². The summed E-state index contributed by atoms with van der Waals surface area (Å²) >= 11 is 0. The third-order valence-corrected chi connectivity index (χ3v) is 5.53. The molecule has 1 aromatic rings. The van der Waals surface area contributed by atoms with Gasteiger partial charge in [0.25, 0.3) is 0 Å². The number of carbonyl (C=O) groups excluding carboxylic acids is 1. The highest BCUT2D eigenvalue weighted by molar-refractivity contribution is 5.78. The normalized spacial score (nSPS) is 25.3. The average molecular weight is 359 g/mol. The Morgan fingerprint density at radius 3 is 2.65 bits per heavy atom. The number of rotatable bonds is 4. The van der Waals surface area contributed by atoms with Crippen LogP contribution in [-0.4, -0.2) is 31.5 Å². The lowest BCUT2D eigenvalue weighted by Crippen LogP contribution is -2.30. The molecule has 2 aliphatic carbocycles. The van der Waals surface area contributed by atoms with E-state index >= 15 is 0 Å². The van der Waals surface area contributed by atoms with E-state index in [2.05, 4.69) is 25.1 Å². The van der Waals surface area contributed by atoms with Crippen molar-refractivity contribution in [2.75, 3.05) is 20.6 Å². The summed E-state index contributed by atoms with van der Waals surface area (Å²) in [5, 5.41) is 0. The zero-order chi connectivity index (χ0) is 19.1. The summed E-state index contributed by atoms with van der Waals surface area (Å²) in [4.78, 5) is 14.4. The zero-order valence-electron chi connectivity index (χ0n) is 16.5. The molecule has 2 bridgehead atoms. The fraction of sp³-hybridized carbons (Fsp3) is 0.591. The Balaban J connectivity index is 1.94. The zero-order valence-corrected chi connectivity index (χ0v) is 16.5. The third kappa shape index (κ3) is 4.01. The monoisotopic (exact) mass is 359 g/mol. The Morgan fingerprint density at radius 1 is 1.27 bits per heavy atom. The Labute approximate surface area is 156 Å². The first-order valence-electron chi connectivity index (χ1n) is 9.54. The van der Waals surface area contributed by atoms with Crippen molar-refractivity contribution in [3.63, 3.8) is 0 Å². The SMILES string of the molecule is CN(C)C[C@@H]1C(c2cc(OC(=O)C(C)(C)C)ccc2F)=C[C@H]2CC[C@@H]1C2. The molecule has 0 amide bonds. The van der Waals surface area contributed by atoms with Gasteiger partial charge >= 0.3 is 5.97 Å². The molecule has 1 fully saturated rings. The fourth-order valence-corrected chi connectivity index (χ4v) is 4.18. The Hall–Kier alpha value is -1.68. The van der Waals surface area contributed by atoms with E-state index in [1.807, 2.05) is 20.8 Å². The minimum Gasteiger partial charge on any atom is -0.426 e. The molecule has 0 unspecified atom stereocenters. The number of hydrogen-bond acceptors (Lipinski definition) is 3. The molecule has 3 rings (SSSR count). The summed E-state index contributed by atoms with van der Waals surface area (Å²) in [5.74, 6) is 1.36. The molecule has 3 nitrogen and oxygen atoms in total. The minimum atomic E-state index is -0.592. The van der Waals surface area contributed by atoms with Crippen molar-refractivity contribution >= 4 is 11.5 Å². The minimum absolute atomic E-state index is 0.239. The van der Waals surface area contributed by atoms with Crippen LogP contribution >= 0.6 is 0 Å². The molecule has 0 heterocycles. The maximum absolute atomic E-state index is 14.7. The number of halogens is 1. The number of allylic oxidation sites excluding steroid dienone is 1. The number of hydrogen-bond donors (Lipinski definition) is 0. The first-order valence-corrected chi connectivity index (χ1v) is 9.54. The fourth-order valence-electron chi connectivity index (χ4n) is 4.18. The van der Waals surface area contributed by atoms with Gasteiger partial charge < -0.3 is 9.64 Å². The van der Waals surface area contributed by atoms with Crippen LogP contribution in [0.4, 0.5) is 4.39 Å². The summed E-state index contributed by atoms with van der Waals surface area (Å²) in [7, 11) is 4.13. The van der Waals surface area contributed by atoms with E-state index in [0.29, 0.717) is 29.1 Å². The summed E-state index contributed by atoms with van der Waals surface area (Å²) < 4.78 is 20.2. The first-order chi connectivity index (χ1) is 12.1. The van der Waals surface area contributed by atoms with Gasteiger partial charge in [0.1, 0.15) is 11.6 Å². The predicted octanol–water partition coefficient (Wildman–Crippen LogP) is 4.77. The van der Waals surface area contributed by atoms with E-state index in [0.717, 1.165) is 12.1 Å². The van der Waals surface area contributed by atoms with Crippen LogP contribution in [0.2, 0.25) is 0 Å². The van der Waals surface area contributed by atoms with Crippen molar-refractivity contribution in [2.45, 2.75) is 40.0 Å². The van der Waals surface area contributed by atoms with Crippen LogP contribution in [0, 0.1) is 29.0 Å². The second-order valence-electron chi connectivity index (χ2n) is 9.11. The Morgan fingerprint density at radius 2 is 2.00 bits per heavy atom. The van der Waals surface area contributed by atoms with Crippen molar-refractivity contribution < 1.29 is 13.9 Å². The van der Waals surface area contributed by atoms with Crippen LogP contribution in [0.1, 0.15) is 45.6 Å². The maximum Gasteiger partial charge on any atom is 0.316 e. The predicted molar refractivity (Wildman–Crippen MR) is 102 cm³/mol. The second-order valence-corrected chi connectivity index (χ2v) is 9.11. The Kier molecular flexibility index (Phi) is 5.25. The molecule has 2 aliphatic rings. The van der Waals surface area contributed by atoms with E-state index in [9.17, 15) is 9.18 Å². The number of esters is 1. The van der Waals surface area contributed by atoms with Gasteiger partial charge in [-0.3, -0.25) is 4.79 Å². The van der Waals surface area contributed by atoms with Crippen molar-refractivity contribution in [1.82, 2.24) is 4.90 Å². The van der Waals surface area contributed by atoms with Crippen molar-refractivity contribution in [3.8, 4) is 5.75 Å². The van der Waals surface area contributed by atoms with Gasteiger partial charge in [0.05, 0.1) is 5.41 Å². The molecule has 0 spiro atoms. The number of carbonyl (C=O) groups is 1. The van der Waals surface area contributed by atoms with Crippen LogP contribution in [0.25, 0.3) is 5.57 Å². The summed E-state index contributed by atoms with van der Waals surface area (Å²) in [5.41, 5.74) is 1.09. The first kappa shape index (κ1) is 19.1. The summed E-state index contributed by atoms with van der Waals surface area (Å²) in [6.07, 6.45) is 5.88. The van der Waals surface area contributed by atoms with Gasteiger partial charge in [-0.1, -0.05) is 6.08 Å². The molecule has 0 saturated heterocycles. The molecule has 0 aromatic heterocycles. The van der Waals surface area contributed by atoms with Gasteiger partial charge in [0.2, 0.25) is 0 Å². The molecule has 0 N–H and O–H groups in total. The van der Waals surface area contributed by atoms with E-state index in [1.54, 1.807) is 12.1 Å². The molecule has 26 heavy (non-hydrogen) atoms. The van der Waals surface area contributed by atoms with E-state index in [-0.39, 0.29) is 11.8 Å². The van der Waals surface area contributed by atoms with Gasteiger partial charge in [-0.25, -0.2) is 4.39 Å². The average Bonchev–Trinajstić information content (AvgIpc) is 2.93. The summed E-state index contributed by atoms with van der Waals surface area (Å²) in [6, 6.07) is 4.67. The van der Waals surface area contributed by atoms with E-state index in [4.69, 9.17) is 4.74 Å². The number of benzene rings is 1. The highest BCUT2D eigenvalue weighted by Gasteiger charge is 2.38. The highest BCUT2D eigenvalue weighted by atomic mass is 19.1. The Bertz CT molecular complexity index is 717. The lowest BCUT2D eigenvalue weighted by molar-refractivity contribution is -0.143. The number of fused-ring (bicyclic) bond motifs is 2. The van der Waals surface area contributed by atoms with Crippen molar-refractivity contribution in [1.29, 1.82) is 0 Å². The molecule has 3 atom stereocenters. The van der Waals surface area contributed by atoms with Gasteiger partial charge in [-0.2, -0.15) is 0 Å². The standard InChI is InChI=1S/C22H30FNO2/c1-22(2,3)21(25)26-16-8-9-20(23)18(12-16)17-11-14-6-7-15(10-14)19(17)13-24(4)5/h8-9,11-12,14-15,19H,6-7,10,13H2,1-5H3/t14-,15+,19-/m0/s1. The van der Waals surface area contributed by atoms with Crippen molar-refractivity contribution in [2.24, 2.45) is 23.2 Å². The van der Waals surface area contributed by atoms with Crippen LogP contribution in [0.5, 0.6) is 5.75 Å². The molecule has 1 aromatic carbocycles. The molecular weight excluding hydrogens is 329 g/mol. The largest absolute Gasteiger partial charge is 0.426 e. The molecule has 142 valence electrons. The van der Waals surface area contributed by atoms with Gasteiger partial charge in [0, 0.05) is 12.1 Å². The summed E-state index contributed by atoms with van der Waals surface area (Å²) in [6.45, 7) is 6.35. The third-order valence-electron chi connectivity index (χ3n) is 5.53. The molecular formula is C22H30FNO2. The second kappa shape index (κ2) is 7.15. The molecule has 0 radical (unpaired) electrons. The molecule has 4 heteroatoms. The van der Waals surface area contributed by atoms with Gasteiger partial charge in [0.15, 0.2) is 0 Å². The highest BCUT2D eigenvalue weighted by Crippen LogP contribution is 2.48. The maximum atomic E-state index is 14.7. The van der Waals surface area contributed by atoms with Crippen LogP contribution in [0.15, 0.2) is 24.3 Å². The van der Waals surface area contributed by atoms with Gasteiger partial charge in [-0.15, -0.1) is 0 Å². The topological polar surface area (TPSA) is 29.5 Å². The lowest BCUT2D eigenvalue weighted by atomic mass is 9.76.